The Morgan fingerprint density at radius 2 is 1.63 bits per heavy atom. The fourth-order valence-corrected chi connectivity index (χ4v) is 4.10. The van der Waals surface area contributed by atoms with Crippen LogP contribution in [0.5, 0.6) is 0 Å². The fraction of sp³-hybridized carbons (Fsp3) is 0.105. The average Bonchev–Trinajstić information content (AvgIpc) is 3.31. The van der Waals surface area contributed by atoms with E-state index in [0.717, 1.165) is 16.1 Å². The van der Waals surface area contributed by atoms with Crippen molar-refractivity contribution in [2.75, 3.05) is 4.90 Å². The first-order chi connectivity index (χ1) is 13.0. The van der Waals surface area contributed by atoms with Gasteiger partial charge in [-0.3, -0.25) is 9.59 Å². The molecule has 2 amide bonds. The average molecular weight is 375 g/mol. The Morgan fingerprint density at radius 3 is 2.30 bits per heavy atom. The highest BCUT2D eigenvalue weighted by molar-refractivity contribution is 7.19. The number of anilines is 1. The van der Waals surface area contributed by atoms with Crippen LogP contribution in [0.4, 0.5) is 5.69 Å². The van der Waals surface area contributed by atoms with E-state index in [4.69, 9.17) is 0 Å². The summed E-state index contributed by atoms with van der Waals surface area (Å²) < 4.78 is 1.68. The quantitative estimate of drug-likeness (QED) is 0.502. The number of fused-ring (bicyclic) bond motifs is 2. The lowest BCUT2D eigenvalue weighted by atomic mass is 10.1. The number of benzene rings is 2. The van der Waals surface area contributed by atoms with E-state index < -0.39 is 0 Å². The topological polar surface area (TPSA) is 80.5 Å². The number of hydrogen-bond acceptors (Lipinski definition) is 6. The molecule has 0 atom stereocenters. The maximum atomic E-state index is 12.8. The maximum Gasteiger partial charge on any atom is 0.266 e. The zero-order chi connectivity index (χ0) is 18.7. The van der Waals surface area contributed by atoms with Crippen LogP contribution in [0.25, 0.3) is 15.5 Å². The molecular weight excluding hydrogens is 362 g/mol. The minimum Gasteiger partial charge on any atom is -0.268 e. The first kappa shape index (κ1) is 15.8. The van der Waals surface area contributed by atoms with Gasteiger partial charge in [-0.25, -0.2) is 4.90 Å². The van der Waals surface area contributed by atoms with Gasteiger partial charge in [-0.2, -0.15) is 9.61 Å². The molecule has 2 aromatic heterocycles. The van der Waals surface area contributed by atoms with Crippen LogP contribution in [0.1, 0.15) is 32.1 Å². The Balaban J connectivity index is 1.63. The van der Waals surface area contributed by atoms with Gasteiger partial charge in [-0.1, -0.05) is 35.6 Å². The smallest absolute Gasteiger partial charge is 0.266 e. The second-order valence-corrected chi connectivity index (χ2v) is 7.30. The summed E-state index contributed by atoms with van der Waals surface area (Å²) in [4.78, 5) is 27.6. The standard InChI is InChI=1S/C19H13N5O2S/c1-10-7-8-12(16-22-24-11(2)20-21-19(24)27-16)9-15(10)23-17(25)13-5-3-4-6-14(13)18(23)26/h3-9H,1-2H3. The van der Waals surface area contributed by atoms with Crippen LogP contribution >= 0.6 is 11.3 Å². The fourth-order valence-electron chi connectivity index (χ4n) is 3.22. The zero-order valence-electron chi connectivity index (χ0n) is 14.5. The van der Waals surface area contributed by atoms with Gasteiger partial charge in [0.25, 0.3) is 11.8 Å². The molecule has 0 bridgehead atoms. The van der Waals surface area contributed by atoms with Crippen molar-refractivity contribution in [2.45, 2.75) is 13.8 Å². The second-order valence-electron chi connectivity index (χ2n) is 6.34. The molecule has 0 saturated heterocycles. The molecule has 0 N–H and O–H groups in total. The lowest BCUT2D eigenvalue weighted by molar-refractivity contribution is 0.0926. The van der Waals surface area contributed by atoms with E-state index in [9.17, 15) is 9.59 Å². The second kappa shape index (κ2) is 5.55. The molecule has 0 aliphatic carbocycles. The molecule has 0 radical (unpaired) electrons. The van der Waals surface area contributed by atoms with E-state index in [-0.39, 0.29) is 11.8 Å². The van der Waals surface area contributed by atoms with Crippen LogP contribution in [-0.2, 0) is 0 Å². The minimum atomic E-state index is -0.301. The van der Waals surface area contributed by atoms with E-state index in [1.807, 2.05) is 32.0 Å². The summed E-state index contributed by atoms with van der Waals surface area (Å²) in [5.74, 6) is 0.106. The van der Waals surface area contributed by atoms with Crippen molar-refractivity contribution in [1.82, 2.24) is 19.8 Å². The highest BCUT2D eigenvalue weighted by atomic mass is 32.1. The molecule has 1 aliphatic rings. The molecule has 0 fully saturated rings. The molecule has 4 aromatic rings. The van der Waals surface area contributed by atoms with Gasteiger partial charge in [-0.05, 0) is 37.6 Å². The van der Waals surface area contributed by atoms with E-state index in [1.165, 1.54) is 16.2 Å². The van der Waals surface area contributed by atoms with Gasteiger partial charge < -0.3 is 0 Å². The number of imide groups is 1. The van der Waals surface area contributed by atoms with Gasteiger partial charge in [0.15, 0.2) is 5.82 Å². The Morgan fingerprint density at radius 1 is 0.926 bits per heavy atom. The molecule has 5 rings (SSSR count). The maximum absolute atomic E-state index is 12.8. The van der Waals surface area contributed by atoms with Crippen LogP contribution in [-0.4, -0.2) is 31.6 Å². The van der Waals surface area contributed by atoms with Gasteiger partial charge >= 0.3 is 0 Å². The van der Waals surface area contributed by atoms with Gasteiger partial charge in [-0.15, -0.1) is 10.2 Å². The lowest BCUT2D eigenvalue weighted by Gasteiger charge is -2.17. The molecule has 1 aliphatic heterocycles. The summed E-state index contributed by atoms with van der Waals surface area (Å²) in [6.07, 6.45) is 0. The predicted octanol–water partition coefficient (Wildman–Crippen LogP) is 3.27. The predicted molar refractivity (Wildman–Crippen MR) is 101 cm³/mol. The van der Waals surface area contributed by atoms with Crippen LogP contribution in [0.3, 0.4) is 0 Å². The van der Waals surface area contributed by atoms with Crippen LogP contribution in [0.2, 0.25) is 0 Å². The van der Waals surface area contributed by atoms with E-state index in [0.29, 0.717) is 27.6 Å². The van der Waals surface area contributed by atoms with Gasteiger partial charge in [0.2, 0.25) is 4.96 Å². The summed E-state index contributed by atoms with van der Waals surface area (Å²) >= 11 is 1.41. The monoisotopic (exact) mass is 375 g/mol. The van der Waals surface area contributed by atoms with Crippen molar-refractivity contribution >= 4 is 33.8 Å². The number of aromatic nitrogens is 4. The molecule has 2 aromatic carbocycles. The highest BCUT2D eigenvalue weighted by Gasteiger charge is 2.37. The van der Waals surface area contributed by atoms with Crippen LogP contribution in [0.15, 0.2) is 42.5 Å². The SMILES string of the molecule is Cc1ccc(-c2nn3c(C)nnc3s2)cc1N1C(=O)c2ccccc2C1=O. The first-order valence-corrected chi connectivity index (χ1v) is 9.14. The number of rotatable bonds is 2. The number of amides is 2. The van der Waals surface area contributed by atoms with Crippen molar-refractivity contribution in [1.29, 1.82) is 0 Å². The van der Waals surface area contributed by atoms with Gasteiger partial charge in [0.05, 0.1) is 16.8 Å². The number of carbonyl (C=O) groups is 2. The molecule has 7 nitrogen and oxygen atoms in total. The third-order valence-electron chi connectivity index (χ3n) is 4.64. The number of nitrogens with zero attached hydrogens (tertiary/aromatic N) is 5. The minimum absolute atomic E-state index is 0.301. The Labute approximate surface area is 157 Å². The van der Waals surface area contributed by atoms with E-state index >= 15 is 0 Å². The Hall–Kier alpha value is -3.39. The summed E-state index contributed by atoms with van der Waals surface area (Å²) in [5.41, 5.74) is 3.10. The molecule has 8 heteroatoms. The molecule has 27 heavy (non-hydrogen) atoms. The summed E-state index contributed by atoms with van der Waals surface area (Å²) in [7, 11) is 0. The largest absolute Gasteiger partial charge is 0.268 e. The van der Waals surface area contributed by atoms with Crippen molar-refractivity contribution in [3.63, 3.8) is 0 Å². The van der Waals surface area contributed by atoms with Gasteiger partial charge in [0, 0.05) is 5.56 Å². The molecule has 132 valence electrons. The molecular formula is C19H13N5O2S. The molecule has 3 heterocycles. The van der Waals surface area contributed by atoms with E-state index in [1.54, 1.807) is 28.8 Å². The molecule has 0 saturated carbocycles. The number of hydrogen-bond donors (Lipinski definition) is 0. The number of carbonyl (C=O) groups excluding carboxylic acids is 2. The molecule has 0 unspecified atom stereocenters. The van der Waals surface area contributed by atoms with Gasteiger partial charge in [0.1, 0.15) is 5.01 Å². The van der Waals surface area contributed by atoms with Crippen molar-refractivity contribution in [3.8, 4) is 10.6 Å². The molecule has 0 spiro atoms. The normalized spacial score (nSPS) is 13.6. The summed E-state index contributed by atoms with van der Waals surface area (Å²) in [6, 6.07) is 12.5. The Kier molecular flexibility index (Phi) is 3.26. The lowest BCUT2D eigenvalue weighted by Crippen LogP contribution is -2.30. The number of aryl methyl sites for hydroxylation is 2. The van der Waals surface area contributed by atoms with Crippen molar-refractivity contribution in [2.24, 2.45) is 0 Å². The third kappa shape index (κ3) is 2.23. The summed E-state index contributed by atoms with van der Waals surface area (Å²) in [6.45, 7) is 3.72. The van der Waals surface area contributed by atoms with E-state index in [2.05, 4.69) is 15.3 Å². The first-order valence-electron chi connectivity index (χ1n) is 8.32. The third-order valence-corrected chi connectivity index (χ3v) is 5.59. The highest BCUT2D eigenvalue weighted by Crippen LogP contribution is 2.34. The Bertz CT molecular complexity index is 1220. The van der Waals surface area contributed by atoms with Crippen molar-refractivity contribution in [3.05, 3.63) is 65.0 Å². The van der Waals surface area contributed by atoms with Crippen LogP contribution in [0, 0.1) is 13.8 Å². The van der Waals surface area contributed by atoms with Crippen LogP contribution < -0.4 is 4.90 Å². The summed E-state index contributed by atoms with van der Waals surface area (Å²) in [5, 5.41) is 13.4. The van der Waals surface area contributed by atoms with Crippen molar-refractivity contribution < 1.29 is 9.59 Å². The zero-order valence-corrected chi connectivity index (χ0v) is 15.3.